The summed E-state index contributed by atoms with van der Waals surface area (Å²) in [6, 6.07) is 17.8. The molecule has 38 heavy (non-hydrogen) atoms. The number of fused-ring (bicyclic) bond motifs is 1. The molecule has 0 saturated heterocycles. The van der Waals surface area contributed by atoms with Gasteiger partial charge in [0, 0.05) is 58.2 Å². The molecule has 192 valence electrons. The predicted octanol–water partition coefficient (Wildman–Crippen LogP) is 4.03. The third kappa shape index (κ3) is 5.41. The fourth-order valence-electron chi connectivity index (χ4n) is 3.92. The van der Waals surface area contributed by atoms with Crippen LogP contribution in [0.15, 0.2) is 96.4 Å². The summed E-state index contributed by atoms with van der Waals surface area (Å²) in [6.45, 7) is 0. The number of nitrogens with one attached hydrogen (secondary N) is 3. The number of ketones is 1. The Labute approximate surface area is 218 Å². The van der Waals surface area contributed by atoms with Crippen molar-refractivity contribution in [1.82, 2.24) is 15.0 Å². The summed E-state index contributed by atoms with van der Waals surface area (Å²) < 4.78 is 53.5. The van der Waals surface area contributed by atoms with Crippen molar-refractivity contribution in [1.29, 1.82) is 0 Å². The topological polar surface area (TPSA) is 151 Å². The van der Waals surface area contributed by atoms with Crippen molar-refractivity contribution >= 4 is 48.2 Å². The van der Waals surface area contributed by atoms with E-state index in [1.54, 1.807) is 54.9 Å². The Morgan fingerprint density at radius 3 is 2.34 bits per heavy atom. The zero-order chi connectivity index (χ0) is 26.9. The Bertz CT molecular complexity index is 1890. The van der Waals surface area contributed by atoms with Crippen LogP contribution in [0.4, 0.5) is 11.4 Å². The Morgan fingerprint density at radius 1 is 0.842 bits per heavy atom. The maximum absolute atomic E-state index is 13.5. The van der Waals surface area contributed by atoms with Crippen molar-refractivity contribution in [3.05, 3.63) is 103 Å². The Morgan fingerprint density at radius 2 is 1.61 bits per heavy atom. The van der Waals surface area contributed by atoms with Crippen LogP contribution < -0.4 is 9.44 Å². The third-order valence-corrected chi connectivity index (χ3v) is 7.57. The number of aromatic nitrogens is 3. The Balaban J connectivity index is 1.46. The first-order valence-corrected chi connectivity index (χ1v) is 14.6. The highest BCUT2D eigenvalue weighted by atomic mass is 32.2. The van der Waals surface area contributed by atoms with Crippen LogP contribution in [0.1, 0.15) is 15.9 Å². The predicted molar refractivity (Wildman–Crippen MR) is 145 cm³/mol. The molecule has 3 aromatic heterocycles. The summed E-state index contributed by atoms with van der Waals surface area (Å²) in [4.78, 5) is 24.7. The third-order valence-electron chi connectivity index (χ3n) is 5.60. The van der Waals surface area contributed by atoms with Crippen LogP contribution in [0, 0.1) is 0 Å². The maximum Gasteiger partial charge on any atom is 0.263 e. The molecular formula is C26H21N5O5S2. The molecule has 0 bridgehead atoms. The molecule has 3 heterocycles. The molecular weight excluding hydrogens is 526 g/mol. The van der Waals surface area contributed by atoms with Gasteiger partial charge in [0.05, 0.1) is 6.26 Å². The summed E-state index contributed by atoms with van der Waals surface area (Å²) in [5, 5.41) is 0.565. The van der Waals surface area contributed by atoms with Crippen LogP contribution in [0.3, 0.4) is 0 Å². The number of sulfonamides is 2. The molecule has 0 aliphatic rings. The van der Waals surface area contributed by atoms with Crippen LogP contribution in [-0.4, -0.2) is 43.8 Å². The van der Waals surface area contributed by atoms with Crippen LogP contribution in [0.25, 0.3) is 22.2 Å². The van der Waals surface area contributed by atoms with Gasteiger partial charge in [-0.3, -0.25) is 19.2 Å². The van der Waals surface area contributed by atoms with E-state index in [0.717, 1.165) is 6.26 Å². The van der Waals surface area contributed by atoms with Gasteiger partial charge in [-0.25, -0.2) is 21.8 Å². The van der Waals surface area contributed by atoms with Crippen molar-refractivity contribution in [2.45, 2.75) is 4.90 Å². The molecule has 3 N–H and O–H groups in total. The summed E-state index contributed by atoms with van der Waals surface area (Å²) in [7, 11) is -7.32. The van der Waals surface area contributed by atoms with Crippen molar-refractivity contribution < 1.29 is 21.6 Å². The monoisotopic (exact) mass is 547 g/mol. The van der Waals surface area contributed by atoms with Gasteiger partial charge in [0.1, 0.15) is 10.5 Å². The number of carbonyl (C=O) groups excluding carboxylic acids is 1. The number of benzene rings is 2. The normalized spacial score (nSPS) is 11.8. The molecule has 0 radical (unpaired) electrons. The number of carbonyl (C=O) groups is 1. The fraction of sp³-hybridized carbons (Fsp3) is 0.0385. The van der Waals surface area contributed by atoms with E-state index in [1.807, 2.05) is 6.07 Å². The van der Waals surface area contributed by atoms with Crippen LogP contribution >= 0.6 is 0 Å². The molecule has 12 heteroatoms. The molecule has 0 atom stereocenters. The molecule has 0 saturated carbocycles. The summed E-state index contributed by atoms with van der Waals surface area (Å²) in [6.07, 6.45) is 6.96. The number of pyridine rings is 2. The van der Waals surface area contributed by atoms with Gasteiger partial charge >= 0.3 is 0 Å². The van der Waals surface area contributed by atoms with Crippen molar-refractivity contribution in [2.24, 2.45) is 0 Å². The molecule has 0 amide bonds. The molecule has 5 aromatic rings. The van der Waals surface area contributed by atoms with Gasteiger partial charge in [0.25, 0.3) is 10.0 Å². The first-order chi connectivity index (χ1) is 18.1. The number of H-pyrrole nitrogens is 1. The van der Waals surface area contributed by atoms with E-state index in [-0.39, 0.29) is 21.9 Å². The number of hydrogen-bond acceptors (Lipinski definition) is 7. The highest BCUT2D eigenvalue weighted by molar-refractivity contribution is 7.92. The molecule has 2 aromatic carbocycles. The minimum Gasteiger partial charge on any atom is -0.345 e. The van der Waals surface area contributed by atoms with E-state index in [4.69, 9.17) is 0 Å². The molecule has 0 aliphatic carbocycles. The van der Waals surface area contributed by atoms with Crippen LogP contribution in [-0.2, 0) is 20.0 Å². The SMILES string of the molecule is CS(=O)(=O)Nc1cccc(-c2cnc3[nH]cc(C(=O)c4cccc(NS(=O)(=O)c5cccnc5)c4)c3c2)c1. The van der Waals surface area contributed by atoms with E-state index in [1.165, 1.54) is 30.6 Å². The molecule has 0 unspecified atom stereocenters. The van der Waals surface area contributed by atoms with Gasteiger partial charge in [0.15, 0.2) is 5.78 Å². The second kappa shape index (κ2) is 9.72. The number of nitrogens with zero attached hydrogens (tertiary/aromatic N) is 2. The number of rotatable bonds is 8. The lowest BCUT2D eigenvalue weighted by molar-refractivity contribution is 0.104. The van der Waals surface area contributed by atoms with E-state index in [2.05, 4.69) is 24.4 Å². The number of aromatic amines is 1. The minimum atomic E-state index is -3.88. The van der Waals surface area contributed by atoms with Crippen LogP contribution in [0.2, 0.25) is 0 Å². The van der Waals surface area contributed by atoms with Gasteiger partial charge in [-0.1, -0.05) is 24.3 Å². The summed E-state index contributed by atoms with van der Waals surface area (Å²) >= 11 is 0. The highest BCUT2D eigenvalue weighted by Gasteiger charge is 2.18. The first-order valence-electron chi connectivity index (χ1n) is 11.2. The first kappa shape index (κ1) is 25.1. The summed E-state index contributed by atoms with van der Waals surface area (Å²) in [5.74, 6) is -0.329. The standard InChI is InChI=1S/C26H21N5O5S2/c1-37(33,34)30-20-7-2-5-17(11-20)19-13-23-24(16-29-26(23)28-14-19)25(32)18-6-3-8-21(12-18)31-38(35,36)22-9-4-10-27-15-22/h2-16,30-31H,1H3,(H,28,29). The average Bonchev–Trinajstić information content (AvgIpc) is 3.31. The minimum absolute atomic E-state index is 0.00256. The van der Waals surface area contributed by atoms with Gasteiger partial charge in [0.2, 0.25) is 10.0 Å². The lowest BCUT2D eigenvalue weighted by Gasteiger charge is -2.09. The van der Waals surface area contributed by atoms with E-state index >= 15 is 0 Å². The quantitative estimate of drug-likeness (QED) is 0.248. The van der Waals surface area contributed by atoms with Gasteiger partial charge in [-0.15, -0.1) is 0 Å². The molecule has 5 rings (SSSR count). The second-order valence-electron chi connectivity index (χ2n) is 8.48. The average molecular weight is 548 g/mol. The lowest BCUT2D eigenvalue weighted by atomic mass is 10.0. The Hall–Kier alpha value is -4.55. The van der Waals surface area contributed by atoms with Crippen molar-refractivity contribution in [2.75, 3.05) is 15.7 Å². The Kier molecular flexibility index (Phi) is 6.43. The smallest absolute Gasteiger partial charge is 0.263 e. The highest BCUT2D eigenvalue weighted by Crippen LogP contribution is 2.28. The van der Waals surface area contributed by atoms with Crippen molar-refractivity contribution in [3.8, 4) is 11.1 Å². The molecule has 0 aliphatic heterocycles. The van der Waals surface area contributed by atoms with Crippen molar-refractivity contribution in [3.63, 3.8) is 0 Å². The van der Waals surface area contributed by atoms with E-state index in [0.29, 0.717) is 33.4 Å². The van der Waals surface area contributed by atoms with Gasteiger partial charge in [-0.2, -0.15) is 0 Å². The van der Waals surface area contributed by atoms with Gasteiger partial charge < -0.3 is 4.98 Å². The molecule has 0 spiro atoms. The zero-order valence-corrected chi connectivity index (χ0v) is 21.5. The number of hydrogen-bond donors (Lipinski definition) is 3. The van der Waals surface area contributed by atoms with Crippen LogP contribution in [0.5, 0.6) is 0 Å². The summed E-state index contributed by atoms with van der Waals surface area (Å²) in [5.41, 5.74) is 3.15. The van der Waals surface area contributed by atoms with Gasteiger partial charge in [-0.05, 0) is 48.0 Å². The fourth-order valence-corrected chi connectivity index (χ4v) is 5.49. The lowest BCUT2D eigenvalue weighted by Crippen LogP contribution is -2.13. The maximum atomic E-state index is 13.5. The molecule has 0 fully saturated rings. The van der Waals surface area contributed by atoms with E-state index < -0.39 is 20.0 Å². The largest absolute Gasteiger partial charge is 0.345 e. The second-order valence-corrected chi connectivity index (χ2v) is 11.9. The zero-order valence-electron chi connectivity index (χ0n) is 19.9. The number of anilines is 2. The molecule has 10 nitrogen and oxygen atoms in total. The van der Waals surface area contributed by atoms with E-state index in [9.17, 15) is 21.6 Å².